The Kier molecular flexibility index (Phi) is 5.92. The number of piperidine rings is 1. The first-order chi connectivity index (χ1) is 13.7. The van der Waals surface area contributed by atoms with Gasteiger partial charge in [-0.05, 0) is 43.7 Å². The molecule has 2 fully saturated rings. The molecule has 3 heterocycles. The van der Waals surface area contributed by atoms with Crippen LogP contribution in [0.4, 0.5) is 4.39 Å². The van der Waals surface area contributed by atoms with Crippen LogP contribution in [0.15, 0.2) is 36.7 Å². The van der Waals surface area contributed by atoms with E-state index in [4.69, 9.17) is 4.74 Å². The van der Waals surface area contributed by atoms with Crippen LogP contribution in [0.25, 0.3) is 11.3 Å². The van der Waals surface area contributed by atoms with E-state index in [0.717, 1.165) is 42.9 Å². The highest BCUT2D eigenvalue weighted by atomic mass is 19.1. The van der Waals surface area contributed by atoms with E-state index in [0.29, 0.717) is 32.8 Å². The lowest BCUT2D eigenvalue weighted by Crippen LogP contribution is -2.47. The molecule has 0 N–H and O–H groups in total. The minimum atomic E-state index is -0.264. The fraction of sp³-hybridized carbons (Fsp3) is 0.476. The van der Waals surface area contributed by atoms with Gasteiger partial charge in [-0.15, -0.1) is 0 Å². The lowest BCUT2D eigenvalue weighted by Gasteiger charge is -2.34. The summed E-state index contributed by atoms with van der Waals surface area (Å²) < 4.78 is 18.6. The molecule has 2 aromatic rings. The van der Waals surface area contributed by atoms with E-state index in [1.165, 1.54) is 12.1 Å². The summed E-state index contributed by atoms with van der Waals surface area (Å²) in [5.74, 6) is 0.113. The number of nitrogens with zero attached hydrogens (tertiary/aromatic N) is 4. The van der Waals surface area contributed by atoms with Crippen LogP contribution in [0, 0.1) is 5.82 Å². The van der Waals surface area contributed by atoms with Gasteiger partial charge in [-0.25, -0.2) is 4.39 Å². The summed E-state index contributed by atoms with van der Waals surface area (Å²) in [5, 5.41) is 0. The Morgan fingerprint density at radius 2 is 1.86 bits per heavy atom. The first kappa shape index (κ1) is 19.0. The van der Waals surface area contributed by atoms with Crippen molar-refractivity contribution in [3.8, 4) is 11.3 Å². The van der Waals surface area contributed by atoms with Crippen LogP contribution in [0.3, 0.4) is 0 Å². The number of likely N-dealkylation sites (tertiary alicyclic amines) is 1. The second-order valence-electron chi connectivity index (χ2n) is 7.36. The summed E-state index contributed by atoms with van der Waals surface area (Å²) in [7, 11) is 0. The van der Waals surface area contributed by atoms with E-state index in [-0.39, 0.29) is 17.6 Å². The van der Waals surface area contributed by atoms with Gasteiger partial charge in [0.25, 0.3) is 0 Å². The standard InChI is InChI=1S/C21H25FN4O2/c22-18-5-3-16(4-6-18)20-21(24-8-7-23-20)17-2-1-9-25(14-17)15-19(27)26-10-12-28-13-11-26/h3-8,17H,1-2,9-15H2. The van der Waals surface area contributed by atoms with Crippen LogP contribution in [-0.4, -0.2) is 71.6 Å². The molecule has 148 valence electrons. The molecular formula is C21H25FN4O2. The van der Waals surface area contributed by atoms with Gasteiger partial charge in [-0.2, -0.15) is 0 Å². The topological polar surface area (TPSA) is 58.6 Å². The molecule has 2 aliphatic heterocycles. The molecule has 0 bridgehead atoms. The third-order valence-electron chi connectivity index (χ3n) is 5.46. The van der Waals surface area contributed by atoms with E-state index in [1.807, 2.05) is 4.90 Å². The minimum Gasteiger partial charge on any atom is -0.378 e. The van der Waals surface area contributed by atoms with Crippen LogP contribution >= 0.6 is 0 Å². The van der Waals surface area contributed by atoms with Crippen LogP contribution < -0.4 is 0 Å². The van der Waals surface area contributed by atoms with Gasteiger partial charge in [0.15, 0.2) is 0 Å². The Hall–Kier alpha value is -2.38. The smallest absolute Gasteiger partial charge is 0.236 e. The van der Waals surface area contributed by atoms with Gasteiger partial charge in [0.05, 0.1) is 31.1 Å². The average molecular weight is 384 g/mol. The van der Waals surface area contributed by atoms with Crippen LogP contribution in [-0.2, 0) is 9.53 Å². The van der Waals surface area contributed by atoms with Gasteiger partial charge < -0.3 is 9.64 Å². The maximum atomic E-state index is 13.3. The molecule has 0 radical (unpaired) electrons. The maximum absolute atomic E-state index is 13.3. The molecule has 1 aromatic heterocycles. The Bertz CT molecular complexity index is 808. The van der Waals surface area contributed by atoms with Crippen molar-refractivity contribution in [1.29, 1.82) is 0 Å². The summed E-state index contributed by atoms with van der Waals surface area (Å²) in [6, 6.07) is 6.38. The SMILES string of the molecule is O=C(CN1CCCC(c2nccnc2-c2ccc(F)cc2)C1)N1CCOCC1. The fourth-order valence-corrected chi connectivity index (χ4v) is 4.00. The number of hydrogen-bond acceptors (Lipinski definition) is 5. The van der Waals surface area contributed by atoms with Gasteiger partial charge in [0.1, 0.15) is 5.82 Å². The summed E-state index contributed by atoms with van der Waals surface area (Å²) in [6.07, 6.45) is 5.40. The van der Waals surface area contributed by atoms with Crippen molar-refractivity contribution in [2.45, 2.75) is 18.8 Å². The lowest BCUT2D eigenvalue weighted by molar-refractivity contribution is -0.136. The largest absolute Gasteiger partial charge is 0.378 e. The molecular weight excluding hydrogens is 359 g/mol. The Morgan fingerprint density at radius 3 is 2.64 bits per heavy atom. The summed E-state index contributed by atoms with van der Waals surface area (Å²) in [5.41, 5.74) is 2.59. The van der Waals surface area contributed by atoms with Crippen molar-refractivity contribution in [2.75, 3.05) is 45.9 Å². The summed E-state index contributed by atoms with van der Waals surface area (Å²) in [4.78, 5) is 25.8. The number of ether oxygens (including phenoxy) is 1. The van der Waals surface area contributed by atoms with Crippen molar-refractivity contribution in [3.63, 3.8) is 0 Å². The van der Waals surface area contributed by atoms with E-state index in [1.54, 1.807) is 24.5 Å². The normalized spacial score (nSPS) is 20.9. The highest BCUT2D eigenvalue weighted by Crippen LogP contribution is 2.31. The summed E-state index contributed by atoms with van der Waals surface area (Å²) >= 11 is 0. The number of carbonyl (C=O) groups is 1. The van der Waals surface area contributed by atoms with Crippen LogP contribution in [0.5, 0.6) is 0 Å². The molecule has 0 saturated carbocycles. The second-order valence-corrected chi connectivity index (χ2v) is 7.36. The molecule has 1 unspecified atom stereocenters. The van der Waals surface area contributed by atoms with Crippen LogP contribution in [0.2, 0.25) is 0 Å². The average Bonchev–Trinajstić information content (AvgIpc) is 2.75. The minimum absolute atomic E-state index is 0.168. The van der Waals surface area contributed by atoms with E-state index in [2.05, 4.69) is 14.9 Å². The van der Waals surface area contributed by atoms with Gasteiger partial charge in [-0.1, -0.05) is 0 Å². The number of aromatic nitrogens is 2. The molecule has 7 heteroatoms. The molecule has 2 aliphatic rings. The number of morpholine rings is 1. The van der Waals surface area contributed by atoms with E-state index < -0.39 is 0 Å². The highest BCUT2D eigenvalue weighted by molar-refractivity contribution is 5.78. The number of amides is 1. The Balaban J connectivity index is 1.47. The fourth-order valence-electron chi connectivity index (χ4n) is 4.00. The number of benzene rings is 1. The van der Waals surface area contributed by atoms with Crippen molar-refractivity contribution in [2.24, 2.45) is 0 Å². The second kappa shape index (κ2) is 8.75. The summed E-state index contributed by atoms with van der Waals surface area (Å²) in [6.45, 7) is 4.72. The maximum Gasteiger partial charge on any atom is 0.236 e. The zero-order valence-corrected chi connectivity index (χ0v) is 15.9. The first-order valence-electron chi connectivity index (χ1n) is 9.85. The molecule has 4 rings (SSSR count). The van der Waals surface area contributed by atoms with E-state index in [9.17, 15) is 9.18 Å². The zero-order valence-electron chi connectivity index (χ0n) is 15.9. The van der Waals surface area contributed by atoms with Crippen molar-refractivity contribution in [1.82, 2.24) is 19.8 Å². The first-order valence-corrected chi connectivity index (χ1v) is 9.85. The third kappa shape index (κ3) is 4.36. The van der Waals surface area contributed by atoms with Crippen molar-refractivity contribution in [3.05, 3.63) is 48.2 Å². The van der Waals surface area contributed by atoms with Gasteiger partial charge in [0, 0.05) is 43.5 Å². The number of halogens is 1. The molecule has 1 aromatic carbocycles. The molecule has 1 atom stereocenters. The van der Waals surface area contributed by atoms with Crippen molar-refractivity contribution < 1.29 is 13.9 Å². The zero-order chi connectivity index (χ0) is 19.3. The van der Waals surface area contributed by atoms with Gasteiger partial charge in [0.2, 0.25) is 5.91 Å². The predicted molar refractivity (Wildman–Crippen MR) is 103 cm³/mol. The third-order valence-corrected chi connectivity index (χ3v) is 5.46. The molecule has 0 spiro atoms. The molecule has 28 heavy (non-hydrogen) atoms. The monoisotopic (exact) mass is 384 g/mol. The van der Waals surface area contributed by atoms with E-state index >= 15 is 0 Å². The van der Waals surface area contributed by atoms with Gasteiger partial charge in [-0.3, -0.25) is 19.7 Å². The van der Waals surface area contributed by atoms with Crippen molar-refractivity contribution >= 4 is 5.91 Å². The van der Waals surface area contributed by atoms with Crippen LogP contribution in [0.1, 0.15) is 24.5 Å². The van der Waals surface area contributed by atoms with Gasteiger partial charge >= 0.3 is 0 Å². The quantitative estimate of drug-likeness (QED) is 0.810. The number of rotatable bonds is 4. The lowest BCUT2D eigenvalue weighted by atomic mass is 9.91. The highest BCUT2D eigenvalue weighted by Gasteiger charge is 2.28. The number of hydrogen-bond donors (Lipinski definition) is 0. The molecule has 0 aliphatic carbocycles. The number of carbonyl (C=O) groups excluding carboxylic acids is 1. The molecule has 2 saturated heterocycles. The Morgan fingerprint density at radius 1 is 1.11 bits per heavy atom. The molecule has 6 nitrogen and oxygen atoms in total. The Labute approximate surface area is 164 Å². The predicted octanol–water partition coefficient (Wildman–Crippen LogP) is 2.32. The molecule has 1 amide bonds.